The SMILES string of the molecule is C1=C(c2ccnc3c2oc2ccc(-n4c5cccnc5c5ncccc54)nc23)CCc2c1c1ccccc1n2-c1cccc2c1oc1ccc(-n3c4ccc(-c5ccccc5-c5ccccn5)cc4c4cc(-c5ccccc5-c5ccccn5)ccc43)cc12. The summed E-state index contributed by atoms with van der Waals surface area (Å²) >= 11 is 0. The first-order valence-corrected chi connectivity index (χ1v) is 29.9. The van der Waals surface area contributed by atoms with Crippen LogP contribution in [0.1, 0.15) is 23.2 Å². The van der Waals surface area contributed by atoms with Crippen molar-refractivity contribution < 1.29 is 8.83 Å². The van der Waals surface area contributed by atoms with E-state index in [9.17, 15) is 0 Å². The lowest BCUT2D eigenvalue weighted by Gasteiger charge is -2.18. The van der Waals surface area contributed by atoms with E-state index in [0.29, 0.717) is 11.1 Å². The van der Waals surface area contributed by atoms with Crippen molar-refractivity contribution >= 4 is 111 Å². The number of hydrogen-bond acceptors (Lipinski definition) is 8. The highest BCUT2D eigenvalue weighted by Gasteiger charge is 2.27. The van der Waals surface area contributed by atoms with Gasteiger partial charge in [-0.05, 0) is 168 Å². The third-order valence-electron chi connectivity index (χ3n) is 18.1. The van der Waals surface area contributed by atoms with Crippen molar-refractivity contribution in [3.63, 3.8) is 0 Å². The summed E-state index contributed by atoms with van der Waals surface area (Å²) in [5.74, 6) is 0.745. The maximum atomic E-state index is 7.07. The van der Waals surface area contributed by atoms with Gasteiger partial charge in [0.25, 0.3) is 0 Å². The van der Waals surface area contributed by atoms with Crippen LogP contribution in [0.2, 0.25) is 0 Å². The number of nitrogens with zero attached hydrogens (tertiary/aromatic N) is 9. The lowest BCUT2D eigenvalue weighted by atomic mass is 9.91. The topological polar surface area (TPSA) is 118 Å². The Morgan fingerprint density at radius 1 is 0.337 bits per heavy atom. The number of furan rings is 2. The number of hydrogen-bond donors (Lipinski definition) is 0. The Morgan fingerprint density at radius 3 is 1.63 bits per heavy atom. The average Bonchev–Trinajstić information content (AvgIpc) is 1.68. The molecule has 0 saturated carbocycles. The number of benzene rings is 7. The molecule has 0 atom stereocenters. The molecule has 0 radical (unpaired) electrons. The highest BCUT2D eigenvalue weighted by atomic mass is 16.3. The van der Waals surface area contributed by atoms with Crippen molar-refractivity contribution in [2.75, 3.05) is 0 Å². The summed E-state index contributed by atoms with van der Waals surface area (Å²) in [6.07, 6.45) is 13.1. The number of rotatable bonds is 8. The second-order valence-corrected chi connectivity index (χ2v) is 22.9. The molecule has 11 nitrogen and oxygen atoms in total. The number of fused-ring (bicyclic) bond motifs is 15. The summed E-state index contributed by atoms with van der Waals surface area (Å²) in [6, 6.07) is 79.1. The van der Waals surface area contributed by atoms with Gasteiger partial charge in [-0.3, -0.25) is 29.5 Å². The fourth-order valence-corrected chi connectivity index (χ4v) is 14.2. The zero-order valence-corrected chi connectivity index (χ0v) is 47.6. The van der Waals surface area contributed by atoms with Crippen molar-refractivity contribution in [2.24, 2.45) is 0 Å². The van der Waals surface area contributed by atoms with Gasteiger partial charge in [0.2, 0.25) is 0 Å². The van der Waals surface area contributed by atoms with Crippen molar-refractivity contribution in [3.8, 4) is 62.0 Å². The van der Waals surface area contributed by atoms with Gasteiger partial charge in [-0.2, -0.15) is 0 Å². The van der Waals surface area contributed by atoms with Gasteiger partial charge in [-0.25, -0.2) is 4.98 Å². The van der Waals surface area contributed by atoms with Crippen LogP contribution in [0.3, 0.4) is 0 Å². The zero-order valence-electron chi connectivity index (χ0n) is 47.6. The van der Waals surface area contributed by atoms with E-state index in [1.54, 1.807) is 12.4 Å². The molecule has 0 fully saturated rings. The Labute approximate surface area is 507 Å². The standard InChI is InChI=1S/C78H47N9O2/c1-3-16-53(61-20-7-9-37-79-61)50(14-1)46-26-30-64-58(42-46)59-43-47(51-15-2-4-17-54(51)62-21-8-10-38-80-62)27-31-65(59)85(64)49-29-33-70-60(45-49)56-19-11-23-69(77(56)88-70)86-63-22-6-5-18-55(63)57-44-48(28-32-66(57)86)52-36-41-83-76-75-71(89-78(52)76)34-35-72(84-75)87-67-24-12-39-81-73(67)74-68(87)25-13-40-82-74/h1-27,29-31,33-45H,28,32H2. The molecule has 11 heterocycles. The van der Waals surface area contributed by atoms with Crippen LogP contribution in [0.5, 0.6) is 0 Å². The minimum atomic E-state index is 0.678. The monoisotopic (exact) mass is 1140 g/mol. The van der Waals surface area contributed by atoms with E-state index < -0.39 is 0 Å². The van der Waals surface area contributed by atoms with Crippen molar-refractivity contribution in [3.05, 3.63) is 272 Å². The number of para-hydroxylation sites is 2. The van der Waals surface area contributed by atoms with Crippen LogP contribution in [0.25, 0.3) is 173 Å². The average molecular weight is 1140 g/mol. The smallest absolute Gasteiger partial charge is 0.163 e. The van der Waals surface area contributed by atoms with Gasteiger partial charge in [0, 0.05) is 91.6 Å². The summed E-state index contributed by atoms with van der Waals surface area (Å²) in [5.41, 5.74) is 26.5. The first kappa shape index (κ1) is 49.2. The molecule has 0 amide bonds. The molecule has 0 bridgehead atoms. The molecule has 0 saturated heterocycles. The number of pyridine rings is 6. The molecule has 0 aliphatic heterocycles. The molecule has 0 unspecified atom stereocenters. The fraction of sp³-hybridized carbons (Fsp3) is 0.0256. The van der Waals surface area contributed by atoms with Gasteiger partial charge in [0.1, 0.15) is 33.5 Å². The summed E-state index contributed by atoms with van der Waals surface area (Å²) in [6.45, 7) is 0. The summed E-state index contributed by atoms with van der Waals surface area (Å²) < 4.78 is 20.8. The van der Waals surface area contributed by atoms with Gasteiger partial charge in [0.05, 0.1) is 44.7 Å². The maximum Gasteiger partial charge on any atom is 0.163 e. The minimum Gasteiger partial charge on any atom is -0.454 e. The first-order valence-electron chi connectivity index (χ1n) is 29.9. The Balaban J connectivity index is 0.736. The fourth-order valence-electron chi connectivity index (χ4n) is 14.2. The molecule has 416 valence electrons. The predicted octanol–water partition coefficient (Wildman–Crippen LogP) is 19.1. The summed E-state index contributed by atoms with van der Waals surface area (Å²) in [5, 5.41) is 5.56. The Hall–Kier alpha value is -12.1. The van der Waals surface area contributed by atoms with Gasteiger partial charge in [-0.15, -0.1) is 0 Å². The molecular formula is C78H47N9O2. The first-order chi connectivity index (χ1) is 44.1. The second kappa shape index (κ2) is 19.2. The van der Waals surface area contributed by atoms with Gasteiger partial charge in [-0.1, -0.05) is 103 Å². The number of aromatic nitrogens is 9. The molecule has 7 aromatic carbocycles. The largest absolute Gasteiger partial charge is 0.454 e. The molecule has 1 aliphatic carbocycles. The Bertz CT molecular complexity index is 5810. The molecule has 18 aromatic rings. The summed E-state index contributed by atoms with van der Waals surface area (Å²) in [7, 11) is 0. The third kappa shape index (κ3) is 7.45. The molecule has 1 aliphatic rings. The Morgan fingerprint density at radius 2 is 0.933 bits per heavy atom. The normalized spacial score (nSPS) is 12.7. The van der Waals surface area contributed by atoms with E-state index in [-0.39, 0.29) is 0 Å². The lowest BCUT2D eigenvalue weighted by Crippen LogP contribution is -2.05. The Kier molecular flexibility index (Phi) is 10.6. The second-order valence-electron chi connectivity index (χ2n) is 22.9. The molecule has 11 aromatic heterocycles. The van der Waals surface area contributed by atoms with Crippen LogP contribution in [0.15, 0.2) is 264 Å². The van der Waals surface area contributed by atoms with Gasteiger partial charge in [0.15, 0.2) is 16.7 Å². The summed E-state index contributed by atoms with van der Waals surface area (Å²) in [4.78, 5) is 29.1. The minimum absolute atomic E-state index is 0.678. The van der Waals surface area contributed by atoms with Gasteiger partial charge < -0.3 is 18.0 Å². The van der Waals surface area contributed by atoms with E-state index in [2.05, 4.69) is 196 Å². The molecule has 19 rings (SSSR count). The molecular weight excluding hydrogens is 1090 g/mol. The highest BCUT2D eigenvalue weighted by molar-refractivity contribution is 6.15. The maximum absolute atomic E-state index is 7.07. The van der Waals surface area contributed by atoms with Crippen LogP contribution < -0.4 is 0 Å². The van der Waals surface area contributed by atoms with Crippen molar-refractivity contribution in [2.45, 2.75) is 12.8 Å². The van der Waals surface area contributed by atoms with Crippen LogP contribution >= 0.6 is 0 Å². The quantitative estimate of drug-likeness (QED) is 0.148. The van der Waals surface area contributed by atoms with E-state index in [1.807, 2.05) is 67.1 Å². The molecule has 0 spiro atoms. The third-order valence-corrected chi connectivity index (χ3v) is 18.1. The zero-order chi connectivity index (χ0) is 58.3. The molecule has 11 heteroatoms. The van der Waals surface area contributed by atoms with E-state index in [0.717, 1.165) is 163 Å². The lowest BCUT2D eigenvalue weighted by molar-refractivity contribution is 0.664. The van der Waals surface area contributed by atoms with E-state index in [4.69, 9.17) is 38.7 Å². The van der Waals surface area contributed by atoms with Crippen molar-refractivity contribution in [1.29, 1.82) is 0 Å². The van der Waals surface area contributed by atoms with Crippen LogP contribution in [0.4, 0.5) is 0 Å². The van der Waals surface area contributed by atoms with E-state index in [1.165, 1.54) is 22.2 Å². The molecule has 0 N–H and O–H groups in total. The highest BCUT2D eigenvalue weighted by Crippen LogP contribution is 2.46. The van der Waals surface area contributed by atoms with Crippen LogP contribution in [-0.4, -0.2) is 43.6 Å². The number of allylic oxidation sites excluding steroid dienone is 1. The van der Waals surface area contributed by atoms with Crippen LogP contribution in [0, 0.1) is 0 Å². The molecule has 89 heavy (non-hydrogen) atoms. The van der Waals surface area contributed by atoms with Crippen molar-refractivity contribution in [1.82, 2.24) is 43.6 Å². The van der Waals surface area contributed by atoms with Gasteiger partial charge >= 0.3 is 0 Å². The van der Waals surface area contributed by atoms with E-state index >= 15 is 0 Å². The van der Waals surface area contributed by atoms with Crippen LogP contribution in [-0.2, 0) is 6.42 Å². The predicted molar refractivity (Wildman–Crippen MR) is 358 cm³/mol.